The van der Waals surface area contributed by atoms with Crippen molar-refractivity contribution in [2.24, 2.45) is 0 Å². The summed E-state index contributed by atoms with van der Waals surface area (Å²) in [6.07, 6.45) is 10.6. The summed E-state index contributed by atoms with van der Waals surface area (Å²) in [5.74, 6) is 0.957. The number of hydrogen-bond acceptors (Lipinski definition) is 6. The van der Waals surface area contributed by atoms with Crippen molar-refractivity contribution in [1.82, 2.24) is 9.71 Å². The minimum atomic E-state index is -3.98. The highest BCUT2D eigenvalue weighted by molar-refractivity contribution is 7.90. The molecule has 3 fully saturated rings. The molecule has 7 nitrogen and oxygen atoms in total. The summed E-state index contributed by atoms with van der Waals surface area (Å²) < 4.78 is 29.3. The number of nitrogens with zero attached hydrogens (tertiary/aromatic N) is 2. The van der Waals surface area contributed by atoms with E-state index in [1.165, 1.54) is 12.0 Å². The van der Waals surface area contributed by atoms with E-state index in [-0.39, 0.29) is 4.90 Å². The van der Waals surface area contributed by atoms with Crippen molar-refractivity contribution in [1.29, 1.82) is 0 Å². The zero-order valence-electron chi connectivity index (χ0n) is 19.5. The monoisotopic (exact) mass is 480 g/mol. The summed E-state index contributed by atoms with van der Waals surface area (Å²) in [7, 11) is -3.98. The van der Waals surface area contributed by atoms with E-state index in [1.54, 1.807) is 12.1 Å². The van der Waals surface area contributed by atoms with E-state index in [0.29, 0.717) is 25.2 Å². The highest BCUT2D eigenvalue weighted by atomic mass is 32.2. The number of rotatable bonds is 6. The molecule has 1 aromatic heterocycles. The lowest BCUT2D eigenvalue weighted by Gasteiger charge is -2.29. The fourth-order valence-corrected chi connectivity index (χ4v) is 7.06. The maximum Gasteiger partial charge on any atom is 0.264 e. The van der Waals surface area contributed by atoms with Gasteiger partial charge in [-0.25, -0.2) is 18.1 Å². The van der Waals surface area contributed by atoms with Crippen LogP contribution >= 0.6 is 0 Å². The summed E-state index contributed by atoms with van der Waals surface area (Å²) in [5, 5.41) is 3.27. The van der Waals surface area contributed by atoms with Gasteiger partial charge in [-0.15, -0.1) is 0 Å². The quantitative estimate of drug-likeness (QED) is 0.653. The Morgan fingerprint density at radius 2 is 1.91 bits per heavy atom. The lowest BCUT2D eigenvalue weighted by Crippen LogP contribution is -2.40. The number of carbonyl (C=O) groups is 1. The first-order chi connectivity index (χ1) is 16.5. The van der Waals surface area contributed by atoms with Crippen LogP contribution in [-0.4, -0.2) is 38.9 Å². The molecule has 2 saturated carbocycles. The van der Waals surface area contributed by atoms with Crippen molar-refractivity contribution < 1.29 is 13.2 Å². The van der Waals surface area contributed by atoms with Gasteiger partial charge in [-0.2, -0.15) is 0 Å². The summed E-state index contributed by atoms with van der Waals surface area (Å²) >= 11 is 0. The van der Waals surface area contributed by atoms with Gasteiger partial charge < -0.3 is 10.2 Å². The lowest BCUT2D eigenvalue weighted by atomic mass is 9.79. The number of amides is 1. The molecule has 1 saturated heterocycles. The molecule has 3 heterocycles. The van der Waals surface area contributed by atoms with Crippen LogP contribution in [0, 0.1) is 0 Å². The Balaban J connectivity index is 1.34. The number of pyridine rings is 1. The second kappa shape index (κ2) is 8.26. The number of aromatic nitrogens is 1. The molecule has 0 radical (unpaired) electrons. The smallest absolute Gasteiger partial charge is 0.264 e. The molecule has 0 unspecified atom stereocenters. The van der Waals surface area contributed by atoms with Gasteiger partial charge in [0.15, 0.2) is 0 Å². The van der Waals surface area contributed by atoms with E-state index in [4.69, 9.17) is 4.98 Å². The summed E-state index contributed by atoms with van der Waals surface area (Å²) in [6, 6.07) is 7.41. The Morgan fingerprint density at radius 1 is 1.12 bits per heavy atom. The molecule has 34 heavy (non-hydrogen) atoms. The molecular weight excluding hydrogens is 448 g/mol. The lowest BCUT2D eigenvalue weighted by molar-refractivity contribution is -0.121. The van der Waals surface area contributed by atoms with Gasteiger partial charge in [0.25, 0.3) is 10.0 Å². The molecule has 6 rings (SSSR count). The van der Waals surface area contributed by atoms with Crippen molar-refractivity contribution in [3.63, 3.8) is 0 Å². The number of benzene rings is 1. The zero-order valence-corrected chi connectivity index (χ0v) is 20.3. The van der Waals surface area contributed by atoms with Gasteiger partial charge in [0, 0.05) is 37.1 Å². The molecule has 2 aliphatic carbocycles. The number of fused-ring (bicyclic) bond motifs is 1. The maximum atomic E-state index is 13.7. The van der Waals surface area contributed by atoms with Crippen LogP contribution in [0.25, 0.3) is 0 Å². The fourth-order valence-electron chi connectivity index (χ4n) is 5.72. The number of anilines is 2. The predicted octanol–water partition coefficient (Wildman–Crippen LogP) is 3.84. The molecule has 2 aliphatic heterocycles. The molecule has 0 spiro atoms. The second-order valence-electron chi connectivity index (χ2n) is 10.3. The minimum Gasteiger partial charge on any atom is -0.385 e. The second-order valence-corrected chi connectivity index (χ2v) is 11.9. The Morgan fingerprint density at radius 3 is 2.62 bits per heavy atom. The van der Waals surface area contributed by atoms with Crippen LogP contribution in [0.3, 0.4) is 0 Å². The van der Waals surface area contributed by atoms with E-state index in [9.17, 15) is 13.2 Å². The SMILES string of the molecule is O=C(NS(=O)(=O)c1cccc2c1CCCN2)C1(c2cc(C3CCC3)cnc2N2CCCC2)CC1. The van der Waals surface area contributed by atoms with Crippen molar-refractivity contribution in [2.75, 3.05) is 29.9 Å². The standard InChI is InChI=1S/C26H32N4O3S/c31-25(29-34(32,33)23-10-4-9-22-20(23)8-5-13-27-22)26(11-12-26)21-16-19(18-6-3-7-18)17-28-24(21)30-14-1-2-15-30/h4,9-10,16-18,27H,1-3,5-8,11-15H2,(H,29,31). The third-order valence-corrected chi connectivity index (χ3v) is 9.55. The van der Waals surface area contributed by atoms with Gasteiger partial charge in [0.05, 0.1) is 10.3 Å². The topological polar surface area (TPSA) is 91.4 Å². The van der Waals surface area contributed by atoms with Gasteiger partial charge in [0.2, 0.25) is 5.91 Å². The van der Waals surface area contributed by atoms with E-state index in [0.717, 1.165) is 74.4 Å². The van der Waals surface area contributed by atoms with Gasteiger partial charge >= 0.3 is 0 Å². The largest absolute Gasteiger partial charge is 0.385 e. The summed E-state index contributed by atoms with van der Waals surface area (Å²) in [4.78, 5) is 21.0. The van der Waals surface area contributed by atoms with Gasteiger partial charge in [-0.3, -0.25) is 4.79 Å². The number of hydrogen-bond donors (Lipinski definition) is 2. The first-order valence-electron chi connectivity index (χ1n) is 12.7. The van der Waals surface area contributed by atoms with E-state index in [2.05, 4.69) is 21.0 Å². The van der Waals surface area contributed by atoms with Crippen LogP contribution in [0.15, 0.2) is 35.4 Å². The highest BCUT2D eigenvalue weighted by Gasteiger charge is 2.54. The predicted molar refractivity (Wildman–Crippen MR) is 132 cm³/mol. The van der Waals surface area contributed by atoms with Crippen LogP contribution < -0.4 is 14.9 Å². The Kier molecular flexibility index (Phi) is 5.32. The molecule has 180 valence electrons. The average Bonchev–Trinajstić information content (AvgIpc) is 3.44. The van der Waals surface area contributed by atoms with Gasteiger partial charge in [-0.05, 0) is 86.6 Å². The van der Waals surface area contributed by atoms with E-state index in [1.807, 2.05) is 12.3 Å². The van der Waals surface area contributed by atoms with Gasteiger partial charge in [0.1, 0.15) is 5.82 Å². The van der Waals surface area contributed by atoms with Crippen LogP contribution in [0.5, 0.6) is 0 Å². The van der Waals surface area contributed by atoms with Crippen molar-refractivity contribution in [3.05, 3.63) is 47.2 Å². The Bertz CT molecular complexity index is 1230. The molecule has 1 aromatic carbocycles. The van der Waals surface area contributed by atoms with Gasteiger partial charge in [-0.1, -0.05) is 12.5 Å². The number of nitrogens with one attached hydrogen (secondary N) is 2. The molecule has 0 atom stereocenters. The van der Waals surface area contributed by atoms with E-state index < -0.39 is 21.3 Å². The number of sulfonamides is 1. The first-order valence-corrected chi connectivity index (χ1v) is 14.1. The molecule has 4 aliphatic rings. The Labute approximate surface area is 201 Å². The first kappa shape index (κ1) is 21.9. The fraction of sp³-hybridized carbons (Fsp3) is 0.538. The molecule has 1 amide bonds. The zero-order chi connectivity index (χ0) is 23.3. The third-order valence-electron chi connectivity index (χ3n) is 8.14. The van der Waals surface area contributed by atoms with Crippen molar-refractivity contribution in [2.45, 2.75) is 74.0 Å². The van der Waals surface area contributed by atoms with Crippen molar-refractivity contribution >= 4 is 27.4 Å². The molecule has 2 N–H and O–H groups in total. The molecule has 8 heteroatoms. The number of carbonyl (C=O) groups excluding carboxylic acids is 1. The summed E-state index contributed by atoms with van der Waals surface area (Å²) in [6.45, 7) is 2.69. The molecule has 0 bridgehead atoms. The highest BCUT2D eigenvalue weighted by Crippen LogP contribution is 2.53. The average molecular weight is 481 g/mol. The minimum absolute atomic E-state index is 0.211. The Hall–Kier alpha value is -2.61. The normalized spacial score (nSPS) is 21.4. The molecular formula is C26H32N4O3S. The van der Waals surface area contributed by atoms with Crippen molar-refractivity contribution in [3.8, 4) is 0 Å². The third kappa shape index (κ3) is 3.67. The van der Waals surface area contributed by atoms with Crippen LogP contribution in [-0.2, 0) is 26.7 Å². The van der Waals surface area contributed by atoms with Crippen LogP contribution in [0.4, 0.5) is 11.5 Å². The van der Waals surface area contributed by atoms with Crippen LogP contribution in [0.1, 0.15) is 74.0 Å². The van der Waals surface area contributed by atoms with E-state index >= 15 is 0 Å². The molecule has 2 aromatic rings. The van der Waals surface area contributed by atoms with Crippen LogP contribution in [0.2, 0.25) is 0 Å². The maximum absolute atomic E-state index is 13.7. The summed E-state index contributed by atoms with van der Waals surface area (Å²) in [5.41, 5.74) is 2.91.